The van der Waals surface area contributed by atoms with Crippen LogP contribution in [0.25, 0.3) is 32.5 Å². The van der Waals surface area contributed by atoms with Gasteiger partial charge in [-0.15, -0.1) is 22.7 Å². The van der Waals surface area contributed by atoms with Gasteiger partial charge < -0.3 is 0 Å². The van der Waals surface area contributed by atoms with Gasteiger partial charge in [0.15, 0.2) is 10.0 Å². The molecule has 0 bridgehead atoms. The highest BCUT2D eigenvalue weighted by Gasteiger charge is 2.12. The topological polar surface area (TPSA) is 25.8 Å². The Morgan fingerprint density at radius 3 is 2.04 bits per heavy atom. The van der Waals surface area contributed by atoms with Gasteiger partial charge in [-0.3, -0.25) is 0 Å². The fourth-order valence-electron chi connectivity index (χ4n) is 2.28. The van der Waals surface area contributed by atoms with E-state index in [0.717, 1.165) is 37.0 Å². The summed E-state index contributed by atoms with van der Waals surface area (Å²) in [7, 11) is 0. The molecule has 2 heterocycles. The molecule has 6 heteroatoms. The molecular formula is C18H10BrClN2S2. The molecular weight excluding hydrogens is 424 g/mol. The predicted molar refractivity (Wildman–Crippen MR) is 107 cm³/mol. The van der Waals surface area contributed by atoms with Crippen LogP contribution in [0.4, 0.5) is 0 Å². The molecule has 0 amide bonds. The van der Waals surface area contributed by atoms with Crippen molar-refractivity contribution in [1.82, 2.24) is 9.97 Å². The molecule has 0 spiro atoms. The van der Waals surface area contributed by atoms with E-state index in [1.807, 2.05) is 41.8 Å². The van der Waals surface area contributed by atoms with E-state index in [1.165, 1.54) is 0 Å². The Morgan fingerprint density at radius 2 is 1.42 bits per heavy atom. The predicted octanol–water partition coefficient (Wildman–Crippen LogP) is 7.02. The van der Waals surface area contributed by atoms with E-state index in [1.54, 1.807) is 22.7 Å². The van der Waals surface area contributed by atoms with Crippen molar-refractivity contribution < 1.29 is 0 Å². The number of benzene rings is 2. The Labute approximate surface area is 160 Å². The zero-order valence-corrected chi connectivity index (χ0v) is 16.2. The molecule has 0 aliphatic heterocycles. The van der Waals surface area contributed by atoms with E-state index < -0.39 is 0 Å². The molecule has 0 aliphatic carbocycles. The molecule has 2 nitrogen and oxygen atoms in total. The Morgan fingerprint density at radius 1 is 0.792 bits per heavy atom. The first-order valence-electron chi connectivity index (χ1n) is 7.12. The largest absolute Gasteiger partial charge is 0.233 e. The lowest BCUT2D eigenvalue weighted by Crippen LogP contribution is -1.80. The smallest absolute Gasteiger partial charge is 0.152 e. The van der Waals surface area contributed by atoms with Crippen LogP contribution in [0.5, 0.6) is 0 Å². The first kappa shape index (κ1) is 16.0. The number of rotatable bonds is 3. The minimum atomic E-state index is 0.717. The molecule has 118 valence electrons. The standard InChI is InChI=1S/C18H10BrClN2S2/c19-13-6-4-11(5-7-13)15-9-23-17(21-15)18-22-16(10-24-18)12-2-1-3-14(20)8-12/h1-10H. The number of thiazole rings is 2. The van der Waals surface area contributed by atoms with Crippen molar-refractivity contribution in [3.8, 4) is 32.5 Å². The van der Waals surface area contributed by atoms with Crippen LogP contribution in [0.1, 0.15) is 0 Å². The molecule has 0 aliphatic rings. The van der Waals surface area contributed by atoms with E-state index in [2.05, 4.69) is 33.4 Å². The normalized spacial score (nSPS) is 10.9. The van der Waals surface area contributed by atoms with Gasteiger partial charge in [0.05, 0.1) is 11.4 Å². The molecule has 0 unspecified atom stereocenters. The highest BCUT2D eigenvalue weighted by molar-refractivity contribution is 9.10. The Hall–Kier alpha value is -1.53. The van der Waals surface area contributed by atoms with Crippen molar-refractivity contribution in [1.29, 1.82) is 0 Å². The van der Waals surface area contributed by atoms with E-state index >= 15 is 0 Å². The van der Waals surface area contributed by atoms with Gasteiger partial charge >= 0.3 is 0 Å². The fourth-order valence-corrected chi connectivity index (χ4v) is 4.44. The molecule has 24 heavy (non-hydrogen) atoms. The Bertz CT molecular complexity index is 992. The summed E-state index contributed by atoms with van der Waals surface area (Å²) in [6.07, 6.45) is 0. The van der Waals surface area contributed by atoms with Crippen LogP contribution >= 0.6 is 50.2 Å². The van der Waals surface area contributed by atoms with Crippen LogP contribution in [-0.2, 0) is 0 Å². The first-order chi connectivity index (χ1) is 11.7. The molecule has 2 aromatic carbocycles. The maximum atomic E-state index is 6.06. The highest BCUT2D eigenvalue weighted by atomic mass is 79.9. The van der Waals surface area contributed by atoms with Gasteiger partial charge in [0.1, 0.15) is 0 Å². The van der Waals surface area contributed by atoms with Crippen molar-refractivity contribution in [3.63, 3.8) is 0 Å². The van der Waals surface area contributed by atoms with Crippen molar-refractivity contribution in [2.24, 2.45) is 0 Å². The molecule has 0 N–H and O–H groups in total. The minimum absolute atomic E-state index is 0.717. The Balaban J connectivity index is 1.65. The minimum Gasteiger partial charge on any atom is -0.233 e. The molecule has 4 rings (SSSR count). The second-order valence-electron chi connectivity index (χ2n) is 5.09. The molecule has 0 fully saturated rings. The molecule has 0 atom stereocenters. The lowest BCUT2D eigenvalue weighted by atomic mass is 10.2. The van der Waals surface area contributed by atoms with Gasteiger partial charge in [0, 0.05) is 31.4 Å². The number of halogens is 2. The molecule has 0 radical (unpaired) electrons. The van der Waals surface area contributed by atoms with E-state index in [-0.39, 0.29) is 0 Å². The lowest BCUT2D eigenvalue weighted by Gasteiger charge is -1.97. The van der Waals surface area contributed by atoms with Crippen LogP contribution in [0.15, 0.2) is 63.8 Å². The second-order valence-corrected chi connectivity index (χ2v) is 8.16. The van der Waals surface area contributed by atoms with Crippen LogP contribution in [0.2, 0.25) is 5.02 Å². The van der Waals surface area contributed by atoms with Crippen molar-refractivity contribution in [3.05, 3.63) is 68.8 Å². The van der Waals surface area contributed by atoms with Gasteiger partial charge in [0.2, 0.25) is 0 Å². The van der Waals surface area contributed by atoms with Gasteiger partial charge in [-0.1, -0.05) is 51.8 Å². The van der Waals surface area contributed by atoms with E-state index in [9.17, 15) is 0 Å². The zero-order chi connectivity index (χ0) is 16.5. The third-order valence-electron chi connectivity index (χ3n) is 3.45. The van der Waals surface area contributed by atoms with Gasteiger partial charge in [-0.2, -0.15) is 0 Å². The maximum Gasteiger partial charge on any atom is 0.152 e. The average molecular weight is 434 g/mol. The number of hydrogen-bond donors (Lipinski definition) is 0. The fraction of sp³-hybridized carbons (Fsp3) is 0. The second kappa shape index (κ2) is 6.76. The third-order valence-corrected chi connectivity index (χ3v) is 6.04. The Kier molecular flexibility index (Phi) is 4.50. The lowest BCUT2D eigenvalue weighted by molar-refractivity contribution is 1.35. The summed E-state index contributed by atoms with van der Waals surface area (Å²) in [6.45, 7) is 0. The van der Waals surface area contributed by atoms with Crippen LogP contribution < -0.4 is 0 Å². The third kappa shape index (κ3) is 3.30. The number of hydrogen-bond acceptors (Lipinski definition) is 4. The van der Waals surface area contributed by atoms with Gasteiger partial charge in [-0.25, -0.2) is 9.97 Å². The number of nitrogens with zero attached hydrogens (tertiary/aromatic N) is 2. The van der Waals surface area contributed by atoms with Crippen LogP contribution in [0, 0.1) is 0 Å². The van der Waals surface area contributed by atoms with Crippen molar-refractivity contribution in [2.45, 2.75) is 0 Å². The summed E-state index contributed by atoms with van der Waals surface area (Å²) in [5, 5.41) is 6.69. The van der Waals surface area contributed by atoms with Crippen molar-refractivity contribution >= 4 is 50.2 Å². The van der Waals surface area contributed by atoms with Gasteiger partial charge in [0.25, 0.3) is 0 Å². The molecule has 2 aromatic heterocycles. The maximum absolute atomic E-state index is 6.06. The molecule has 0 saturated heterocycles. The van der Waals surface area contributed by atoms with Crippen molar-refractivity contribution in [2.75, 3.05) is 0 Å². The summed E-state index contributed by atoms with van der Waals surface area (Å²) in [5.41, 5.74) is 4.03. The number of aromatic nitrogens is 2. The summed E-state index contributed by atoms with van der Waals surface area (Å²) < 4.78 is 1.06. The monoisotopic (exact) mass is 432 g/mol. The van der Waals surface area contributed by atoms with E-state index in [4.69, 9.17) is 21.6 Å². The summed E-state index contributed by atoms with van der Waals surface area (Å²) in [4.78, 5) is 9.44. The summed E-state index contributed by atoms with van der Waals surface area (Å²) in [5.74, 6) is 0. The SMILES string of the molecule is Clc1cccc(-c2csc(-c3nc(-c4ccc(Br)cc4)cs3)n2)c1. The van der Waals surface area contributed by atoms with Crippen LogP contribution in [-0.4, -0.2) is 9.97 Å². The van der Waals surface area contributed by atoms with Gasteiger partial charge in [-0.05, 0) is 24.3 Å². The summed E-state index contributed by atoms with van der Waals surface area (Å²) >= 11 is 12.7. The molecule has 0 saturated carbocycles. The summed E-state index contributed by atoms with van der Waals surface area (Å²) in [6, 6.07) is 15.9. The molecule has 4 aromatic rings. The highest BCUT2D eigenvalue weighted by Crippen LogP contribution is 2.34. The van der Waals surface area contributed by atoms with Crippen LogP contribution in [0.3, 0.4) is 0 Å². The zero-order valence-electron chi connectivity index (χ0n) is 12.2. The van der Waals surface area contributed by atoms with E-state index in [0.29, 0.717) is 5.02 Å². The average Bonchev–Trinajstić information content (AvgIpc) is 3.25. The first-order valence-corrected chi connectivity index (χ1v) is 10.1. The quantitative estimate of drug-likeness (QED) is 0.347.